The monoisotopic (exact) mass is 526 g/mol. The Kier molecular flexibility index (Phi) is 7.53. The Balaban J connectivity index is 1.77. The predicted octanol–water partition coefficient (Wildman–Crippen LogP) is 5.08. The summed E-state index contributed by atoms with van der Waals surface area (Å²) in [4.78, 5) is 12.5. The van der Waals surface area contributed by atoms with E-state index >= 15 is 0 Å². The number of methoxy groups -OCH3 is 1. The van der Waals surface area contributed by atoms with Crippen LogP contribution in [-0.4, -0.2) is 21.4 Å². The first kappa shape index (κ1) is 24.0. The molecule has 33 heavy (non-hydrogen) atoms. The minimum absolute atomic E-state index is 0.0333. The van der Waals surface area contributed by atoms with E-state index < -0.39 is 16.0 Å². The Morgan fingerprint density at radius 1 is 1.06 bits per heavy atom. The first-order chi connectivity index (χ1) is 15.7. The SMILES string of the molecule is COc1ccc(NC(=O)/C(C#N)=C/c2ccc(OS(=O)(=O)c3ccc(C)cc3)c(Br)c2)cc1. The third-order valence-corrected chi connectivity index (χ3v) is 6.36. The van der Waals surface area contributed by atoms with Gasteiger partial charge in [0, 0.05) is 5.69 Å². The van der Waals surface area contributed by atoms with Crippen LogP contribution in [0.2, 0.25) is 0 Å². The summed E-state index contributed by atoms with van der Waals surface area (Å²) in [5, 5.41) is 12.1. The highest BCUT2D eigenvalue weighted by Crippen LogP contribution is 2.30. The third-order valence-electron chi connectivity index (χ3n) is 4.49. The number of anilines is 1. The first-order valence-electron chi connectivity index (χ1n) is 9.60. The second kappa shape index (κ2) is 10.3. The molecule has 0 saturated heterocycles. The molecule has 0 fully saturated rings. The van der Waals surface area contributed by atoms with Gasteiger partial charge in [-0.15, -0.1) is 0 Å². The summed E-state index contributed by atoms with van der Waals surface area (Å²) >= 11 is 3.29. The highest BCUT2D eigenvalue weighted by molar-refractivity contribution is 9.10. The highest BCUT2D eigenvalue weighted by Gasteiger charge is 2.18. The number of amides is 1. The normalized spacial score (nSPS) is 11.4. The Morgan fingerprint density at radius 3 is 2.30 bits per heavy atom. The van der Waals surface area contributed by atoms with Gasteiger partial charge in [0.15, 0.2) is 5.75 Å². The van der Waals surface area contributed by atoms with E-state index in [4.69, 9.17) is 8.92 Å². The first-order valence-corrected chi connectivity index (χ1v) is 11.8. The lowest BCUT2D eigenvalue weighted by Crippen LogP contribution is -2.13. The molecule has 0 radical (unpaired) electrons. The summed E-state index contributed by atoms with van der Waals surface area (Å²) < 4.78 is 35.7. The number of nitrogens with zero attached hydrogens (tertiary/aromatic N) is 1. The van der Waals surface area contributed by atoms with E-state index in [2.05, 4.69) is 21.2 Å². The van der Waals surface area contributed by atoms with Gasteiger partial charge >= 0.3 is 10.1 Å². The molecule has 3 aromatic carbocycles. The molecule has 3 aromatic rings. The van der Waals surface area contributed by atoms with Crippen molar-refractivity contribution in [1.82, 2.24) is 0 Å². The fourth-order valence-corrected chi connectivity index (χ4v) is 4.27. The Morgan fingerprint density at radius 2 is 1.73 bits per heavy atom. The number of carbonyl (C=O) groups excluding carboxylic acids is 1. The fraction of sp³-hybridized carbons (Fsp3) is 0.0833. The van der Waals surface area contributed by atoms with Gasteiger partial charge in [0.2, 0.25) is 0 Å². The maximum Gasteiger partial charge on any atom is 0.339 e. The van der Waals surface area contributed by atoms with Crippen LogP contribution in [0.5, 0.6) is 11.5 Å². The van der Waals surface area contributed by atoms with Crippen molar-refractivity contribution in [2.24, 2.45) is 0 Å². The zero-order chi connectivity index (χ0) is 24.0. The summed E-state index contributed by atoms with van der Waals surface area (Å²) in [5.41, 5.74) is 1.81. The number of halogens is 1. The van der Waals surface area contributed by atoms with Gasteiger partial charge in [-0.2, -0.15) is 13.7 Å². The van der Waals surface area contributed by atoms with Crippen LogP contribution in [0, 0.1) is 18.3 Å². The van der Waals surface area contributed by atoms with Gasteiger partial charge in [-0.05, 0) is 83.0 Å². The number of benzene rings is 3. The van der Waals surface area contributed by atoms with E-state index in [1.165, 1.54) is 31.4 Å². The van der Waals surface area contributed by atoms with Crippen molar-refractivity contribution < 1.29 is 22.1 Å². The van der Waals surface area contributed by atoms with Crippen molar-refractivity contribution in [2.75, 3.05) is 12.4 Å². The number of nitriles is 1. The molecule has 0 aliphatic heterocycles. The van der Waals surface area contributed by atoms with Crippen LogP contribution in [0.3, 0.4) is 0 Å². The van der Waals surface area contributed by atoms with Crippen LogP contribution >= 0.6 is 15.9 Å². The fourth-order valence-electron chi connectivity index (χ4n) is 2.73. The number of rotatable bonds is 7. The van der Waals surface area contributed by atoms with Crippen molar-refractivity contribution >= 4 is 43.7 Å². The van der Waals surface area contributed by atoms with E-state index in [-0.39, 0.29) is 16.2 Å². The van der Waals surface area contributed by atoms with Crippen molar-refractivity contribution in [3.05, 3.63) is 87.9 Å². The lowest BCUT2D eigenvalue weighted by molar-refractivity contribution is -0.112. The molecule has 168 valence electrons. The van der Waals surface area contributed by atoms with Gasteiger partial charge in [-0.3, -0.25) is 4.79 Å². The van der Waals surface area contributed by atoms with Gasteiger partial charge < -0.3 is 14.2 Å². The summed E-state index contributed by atoms with van der Waals surface area (Å²) in [5.74, 6) is 0.135. The van der Waals surface area contributed by atoms with E-state index in [0.717, 1.165) is 5.56 Å². The average Bonchev–Trinajstić information content (AvgIpc) is 2.79. The number of ether oxygens (including phenoxy) is 1. The van der Waals surface area contributed by atoms with Crippen molar-refractivity contribution in [2.45, 2.75) is 11.8 Å². The molecular weight excluding hydrogens is 508 g/mol. The van der Waals surface area contributed by atoms with Crippen molar-refractivity contribution in [1.29, 1.82) is 5.26 Å². The van der Waals surface area contributed by atoms with Crippen molar-refractivity contribution in [3.8, 4) is 17.6 Å². The van der Waals surface area contributed by atoms with Crippen LogP contribution in [0.4, 0.5) is 5.69 Å². The number of nitrogens with one attached hydrogen (secondary N) is 1. The molecule has 0 aliphatic rings. The Bertz CT molecular complexity index is 1340. The maximum absolute atomic E-state index is 12.5. The zero-order valence-corrected chi connectivity index (χ0v) is 20.1. The average molecular weight is 527 g/mol. The molecule has 0 unspecified atom stereocenters. The minimum Gasteiger partial charge on any atom is -0.497 e. The van der Waals surface area contributed by atoms with Gasteiger partial charge in [-0.25, -0.2) is 0 Å². The topological polar surface area (TPSA) is 105 Å². The molecule has 3 rings (SSSR count). The van der Waals surface area contributed by atoms with E-state index in [9.17, 15) is 18.5 Å². The second-order valence-electron chi connectivity index (χ2n) is 6.89. The molecule has 0 aromatic heterocycles. The van der Waals surface area contributed by atoms with Crippen molar-refractivity contribution in [3.63, 3.8) is 0 Å². The minimum atomic E-state index is -4.02. The molecule has 0 atom stereocenters. The lowest BCUT2D eigenvalue weighted by atomic mass is 10.1. The quantitative estimate of drug-likeness (QED) is 0.261. The molecule has 0 saturated carbocycles. The Hall–Kier alpha value is -3.61. The standard InChI is InChI=1S/C24H19BrN2O5S/c1-16-3-10-21(11-4-16)33(29,30)32-23-12-5-17(14-22(23)25)13-18(15-26)24(28)27-19-6-8-20(31-2)9-7-19/h3-14H,1-2H3,(H,27,28)/b18-13+. The van der Waals surface area contributed by atoms with Crippen LogP contribution < -0.4 is 14.2 Å². The van der Waals surface area contributed by atoms with Crippen LogP contribution in [0.1, 0.15) is 11.1 Å². The number of hydrogen-bond acceptors (Lipinski definition) is 6. The highest BCUT2D eigenvalue weighted by atomic mass is 79.9. The van der Waals surface area contributed by atoms with Gasteiger partial charge in [0.05, 0.1) is 11.6 Å². The molecule has 0 spiro atoms. The number of hydrogen-bond donors (Lipinski definition) is 1. The number of aryl methyl sites for hydroxylation is 1. The molecule has 1 amide bonds. The maximum atomic E-state index is 12.5. The smallest absolute Gasteiger partial charge is 0.339 e. The summed E-state index contributed by atoms with van der Waals surface area (Å²) in [6.45, 7) is 1.85. The number of carbonyl (C=O) groups is 1. The van der Waals surface area contributed by atoms with Gasteiger partial charge in [-0.1, -0.05) is 23.8 Å². The second-order valence-corrected chi connectivity index (χ2v) is 9.29. The van der Waals surface area contributed by atoms with E-state index in [1.54, 1.807) is 48.5 Å². The summed E-state index contributed by atoms with van der Waals surface area (Å²) in [6, 6.07) is 19.4. The Labute approximate surface area is 200 Å². The molecule has 7 nitrogen and oxygen atoms in total. The van der Waals surface area contributed by atoms with E-state index in [0.29, 0.717) is 21.5 Å². The molecule has 1 N–H and O–H groups in total. The van der Waals surface area contributed by atoms with Gasteiger partial charge in [0.1, 0.15) is 22.3 Å². The van der Waals surface area contributed by atoms with Crippen LogP contribution in [-0.2, 0) is 14.9 Å². The van der Waals surface area contributed by atoms with E-state index in [1.807, 2.05) is 13.0 Å². The molecule has 9 heteroatoms. The predicted molar refractivity (Wildman–Crippen MR) is 128 cm³/mol. The van der Waals surface area contributed by atoms with Gasteiger partial charge in [0.25, 0.3) is 5.91 Å². The molecular formula is C24H19BrN2O5S. The molecule has 0 heterocycles. The largest absolute Gasteiger partial charge is 0.497 e. The van der Waals surface area contributed by atoms with Crippen LogP contribution in [0.25, 0.3) is 6.08 Å². The molecule has 0 aliphatic carbocycles. The summed E-state index contributed by atoms with van der Waals surface area (Å²) in [6.07, 6.45) is 1.39. The van der Waals surface area contributed by atoms with Crippen LogP contribution in [0.15, 0.2) is 81.7 Å². The lowest BCUT2D eigenvalue weighted by Gasteiger charge is -2.10. The third kappa shape index (κ3) is 6.22. The molecule has 0 bridgehead atoms. The zero-order valence-electron chi connectivity index (χ0n) is 17.7. The summed E-state index contributed by atoms with van der Waals surface area (Å²) in [7, 11) is -2.48.